The maximum absolute atomic E-state index is 10.3. The molecule has 0 radical (unpaired) electrons. The van der Waals surface area contributed by atoms with Gasteiger partial charge < -0.3 is 15.3 Å². The molecular weight excluding hydrogens is 464 g/mol. The number of phenols is 3. The van der Waals surface area contributed by atoms with Gasteiger partial charge in [-0.1, -0.05) is 54.6 Å². The Hall–Kier alpha value is -4.75. The Bertz CT molecular complexity index is 1560. The summed E-state index contributed by atoms with van der Waals surface area (Å²) in [6.07, 6.45) is 0. The molecule has 0 aliphatic carbocycles. The Morgan fingerprint density at radius 3 is 1.08 bits per heavy atom. The molecule has 7 nitrogen and oxygen atoms in total. The highest BCUT2D eigenvalue weighted by Gasteiger charge is 2.14. The lowest BCUT2D eigenvalue weighted by Crippen LogP contribution is -2.24. The van der Waals surface area contributed by atoms with E-state index in [0.29, 0.717) is 36.2 Å². The summed E-state index contributed by atoms with van der Waals surface area (Å²) in [6, 6.07) is 27.8. The molecule has 0 aliphatic rings. The van der Waals surface area contributed by atoms with E-state index in [-0.39, 0.29) is 17.2 Å². The molecule has 0 atom stereocenters. The van der Waals surface area contributed by atoms with Crippen molar-refractivity contribution >= 4 is 32.7 Å². The maximum Gasteiger partial charge on any atom is 0.141 e. The highest BCUT2D eigenvalue weighted by molar-refractivity contribution is 5.85. The predicted octanol–water partition coefficient (Wildman–Crippen LogP) is 5.65. The molecule has 0 bridgehead atoms. The molecule has 3 aromatic heterocycles. The third kappa shape index (κ3) is 4.60. The number of nitrogens with zero attached hydrogens (tertiary/aromatic N) is 4. The van der Waals surface area contributed by atoms with E-state index in [1.165, 1.54) is 0 Å². The summed E-state index contributed by atoms with van der Waals surface area (Å²) in [6.45, 7) is 1.43. The molecule has 0 spiro atoms. The second-order valence-corrected chi connectivity index (χ2v) is 9.10. The van der Waals surface area contributed by atoms with Gasteiger partial charge in [0.25, 0.3) is 0 Å². The van der Waals surface area contributed by atoms with Crippen molar-refractivity contribution in [1.29, 1.82) is 0 Å². The van der Waals surface area contributed by atoms with Gasteiger partial charge in [-0.3, -0.25) is 4.90 Å². The lowest BCUT2D eigenvalue weighted by Gasteiger charge is -2.22. The predicted molar refractivity (Wildman–Crippen MR) is 143 cm³/mol. The van der Waals surface area contributed by atoms with Gasteiger partial charge in [-0.05, 0) is 36.4 Å². The Morgan fingerprint density at radius 2 is 0.757 bits per heavy atom. The average molecular weight is 489 g/mol. The number of pyridine rings is 3. The number of benzene rings is 3. The fourth-order valence-electron chi connectivity index (χ4n) is 4.63. The molecule has 37 heavy (non-hydrogen) atoms. The highest BCUT2D eigenvalue weighted by Crippen LogP contribution is 2.26. The quantitative estimate of drug-likeness (QED) is 0.278. The van der Waals surface area contributed by atoms with Crippen LogP contribution in [0.3, 0.4) is 0 Å². The molecule has 0 aliphatic heterocycles. The minimum absolute atomic E-state index is 0.143. The maximum atomic E-state index is 10.3. The van der Waals surface area contributed by atoms with E-state index in [9.17, 15) is 15.3 Å². The molecule has 0 saturated carbocycles. The van der Waals surface area contributed by atoms with Crippen LogP contribution in [0.4, 0.5) is 0 Å². The highest BCUT2D eigenvalue weighted by atomic mass is 16.3. The zero-order valence-corrected chi connectivity index (χ0v) is 19.9. The van der Waals surface area contributed by atoms with Gasteiger partial charge in [-0.2, -0.15) is 0 Å². The lowest BCUT2D eigenvalue weighted by atomic mass is 10.1. The van der Waals surface area contributed by atoms with Crippen LogP contribution in [-0.2, 0) is 19.6 Å². The molecule has 182 valence electrons. The summed E-state index contributed by atoms with van der Waals surface area (Å²) in [5.41, 5.74) is 4.05. The Balaban J connectivity index is 1.36. The van der Waals surface area contributed by atoms with Crippen LogP contribution in [0.2, 0.25) is 0 Å². The van der Waals surface area contributed by atoms with Crippen LogP contribution in [0, 0.1) is 0 Å². The minimum Gasteiger partial charge on any atom is -0.506 e. The van der Waals surface area contributed by atoms with Crippen LogP contribution in [-0.4, -0.2) is 35.2 Å². The average Bonchev–Trinajstić information content (AvgIpc) is 2.90. The molecule has 6 aromatic rings. The van der Waals surface area contributed by atoms with Crippen LogP contribution < -0.4 is 0 Å². The first-order chi connectivity index (χ1) is 18.0. The Labute approximate surface area is 212 Å². The molecule has 3 heterocycles. The Morgan fingerprint density at radius 1 is 0.432 bits per heavy atom. The topological polar surface area (TPSA) is 103 Å². The van der Waals surface area contributed by atoms with E-state index >= 15 is 0 Å². The largest absolute Gasteiger partial charge is 0.506 e. The van der Waals surface area contributed by atoms with Gasteiger partial charge >= 0.3 is 0 Å². The van der Waals surface area contributed by atoms with Crippen LogP contribution in [0.1, 0.15) is 17.1 Å². The fraction of sp³-hybridized carbons (Fsp3) is 0.100. The van der Waals surface area contributed by atoms with Crippen LogP contribution in [0.5, 0.6) is 17.2 Å². The number of phenolic OH excluding ortho intramolecular Hbond substituents is 3. The van der Waals surface area contributed by atoms with Crippen molar-refractivity contribution in [2.45, 2.75) is 19.6 Å². The van der Waals surface area contributed by atoms with Crippen molar-refractivity contribution in [3.05, 3.63) is 108 Å². The van der Waals surface area contributed by atoms with Crippen molar-refractivity contribution in [2.24, 2.45) is 0 Å². The molecule has 0 unspecified atom stereocenters. The summed E-state index contributed by atoms with van der Waals surface area (Å²) in [4.78, 5) is 16.3. The van der Waals surface area contributed by atoms with Crippen LogP contribution in [0.25, 0.3) is 32.7 Å². The van der Waals surface area contributed by atoms with Crippen molar-refractivity contribution in [1.82, 2.24) is 19.9 Å². The first-order valence-electron chi connectivity index (χ1n) is 12.0. The number of hydrogen-bond acceptors (Lipinski definition) is 7. The van der Waals surface area contributed by atoms with Gasteiger partial charge in [-0.25, -0.2) is 15.0 Å². The standard InChI is InChI=1S/C30H24N4O3/c35-25-7-1-4-19-10-13-22(31-28(19)25)16-34(17-23-14-11-20-5-2-8-26(36)29(20)32-23)18-24-15-12-21-6-3-9-27(37)30(21)33-24/h1-15,35-37H,16-18H2. The number of aromatic nitrogens is 3. The fourth-order valence-corrected chi connectivity index (χ4v) is 4.63. The zero-order valence-electron chi connectivity index (χ0n) is 19.9. The van der Waals surface area contributed by atoms with E-state index < -0.39 is 0 Å². The van der Waals surface area contributed by atoms with Crippen molar-refractivity contribution in [3.63, 3.8) is 0 Å². The number of rotatable bonds is 6. The molecule has 6 rings (SSSR count). The molecule has 0 saturated heterocycles. The van der Waals surface area contributed by atoms with Gasteiger partial charge in [-0.15, -0.1) is 0 Å². The van der Waals surface area contributed by atoms with E-state index in [1.54, 1.807) is 36.4 Å². The second kappa shape index (κ2) is 9.37. The summed E-state index contributed by atoms with van der Waals surface area (Å²) >= 11 is 0. The second-order valence-electron chi connectivity index (χ2n) is 9.10. The number of hydrogen-bond donors (Lipinski definition) is 3. The summed E-state index contributed by atoms with van der Waals surface area (Å²) < 4.78 is 0. The van der Waals surface area contributed by atoms with E-state index in [1.807, 2.05) is 54.6 Å². The number of fused-ring (bicyclic) bond motifs is 3. The van der Waals surface area contributed by atoms with E-state index in [0.717, 1.165) is 33.2 Å². The first-order valence-corrected chi connectivity index (χ1v) is 12.0. The summed E-state index contributed by atoms with van der Waals surface area (Å²) in [5, 5.41) is 33.5. The molecular formula is C30H24N4O3. The molecule has 0 fully saturated rings. The summed E-state index contributed by atoms with van der Waals surface area (Å²) in [7, 11) is 0. The molecule has 3 N–H and O–H groups in total. The molecule has 3 aromatic carbocycles. The lowest BCUT2D eigenvalue weighted by molar-refractivity contribution is 0.239. The van der Waals surface area contributed by atoms with Crippen LogP contribution >= 0.6 is 0 Å². The first kappa shape index (κ1) is 22.7. The van der Waals surface area contributed by atoms with Gasteiger partial charge in [0.05, 0.1) is 17.1 Å². The molecule has 7 heteroatoms. The smallest absolute Gasteiger partial charge is 0.141 e. The minimum atomic E-state index is 0.143. The number of para-hydroxylation sites is 3. The SMILES string of the molecule is Oc1cccc2ccc(CN(Cc3ccc4cccc(O)c4n3)Cc3ccc4cccc(O)c4n3)nc12. The number of aromatic hydroxyl groups is 3. The van der Waals surface area contributed by atoms with Gasteiger partial charge in [0, 0.05) is 35.8 Å². The van der Waals surface area contributed by atoms with Crippen LogP contribution in [0.15, 0.2) is 91.0 Å². The molecule has 0 amide bonds. The summed E-state index contributed by atoms with van der Waals surface area (Å²) in [5.74, 6) is 0.428. The van der Waals surface area contributed by atoms with Gasteiger partial charge in [0.15, 0.2) is 0 Å². The van der Waals surface area contributed by atoms with Crippen molar-refractivity contribution < 1.29 is 15.3 Å². The van der Waals surface area contributed by atoms with Gasteiger partial charge in [0.1, 0.15) is 33.8 Å². The van der Waals surface area contributed by atoms with E-state index in [4.69, 9.17) is 15.0 Å². The Kier molecular flexibility index (Phi) is 5.75. The van der Waals surface area contributed by atoms with Crippen molar-refractivity contribution in [3.8, 4) is 17.2 Å². The van der Waals surface area contributed by atoms with Gasteiger partial charge in [0.2, 0.25) is 0 Å². The normalized spacial score (nSPS) is 11.6. The third-order valence-electron chi connectivity index (χ3n) is 6.43. The zero-order chi connectivity index (χ0) is 25.4. The monoisotopic (exact) mass is 488 g/mol. The van der Waals surface area contributed by atoms with Crippen molar-refractivity contribution in [2.75, 3.05) is 0 Å². The van der Waals surface area contributed by atoms with E-state index in [2.05, 4.69) is 4.90 Å². The third-order valence-corrected chi connectivity index (χ3v) is 6.43.